The molecule has 0 bridgehead atoms. The smallest absolute Gasteiger partial charge is 0.149 e. The van der Waals surface area contributed by atoms with Crippen molar-refractivity contribution in [2.45, 2.75) is 13.1 Å². The summed E-state index contributed by atoms with van der Waals surface area (Å²) in [5.41, 5.74) is 3.08. The molecule has 108 valence electrons. The van der Waals surface area contributed by atoms with E-state index in [1.54, 1.807) is 10.9 Å². The monoisotopic (exact) mass is 293 g/mol. The summed E-state index contributed by atoms with van der Waals surface area (Å²) in [4.78, 5) is 0. The molecule has 0 aliphatic carbocycles. The lowest BCUT2D eigenvalue weighted by atomic mass is 10.1. The Morgan fingerprint density at radius 2 is 1.95 bits per heavy atom. The Bertz CT molecular complexity index is 663. The summed E-state index contributed by atoms with van der Waals surface area (Å²) in [5.74, 6) is 0.0908. The van der Waals surface area contributed by atoms with Crippen LogP contribution in [0.2, 0.25) is 0 Å². The lowest BCUT2D eigenvalue weighted by Crippen LogP contribution is -2.14. The summed E-state index contributed by atoms with van der Waals surface area (Å²) in [5, 5.41) is 7.43. The van der Waals surface area contributed by atoms with Crippen LogP contribution in [-0.2, 0) is 22.9 Å². The van der Waals surface area contributed by atoms with Gasteiger partial charge in [0.2, 0.25) is 0 Å². The minimum absolute atomic E-state index is 0.0908. The average molecular weight is 293 g/mol. The maximum atomic E-state index is 11.3. The standard InChI is InChI=1S/C14H19N3O2S/c1-15-10-13-11-16-17(8-9-20(2,18)19)14(13)12-6-4-3-5-7-12/h3-7,11,15H,8-10H2,1-2H3. The van der Waals surface area contributed by atoms with E-state index in [1.165, 1.54) is 6.26 Å². The van der Waals surface area contributed by atoms with Crippen LogP contribution in [0.15, 0.2) is 36.5 Å². The highest BCUT2D eigenvalue weighted by Gasteiger charge is 2.13. The number of sulfone groups is 1. The lowest BCUT2D eigenvalue weighted by molar-refractivity contribution is 0.587. The van der Waals surface area contributed by atoms with Gasteiger partial charge in [-0.15, -0.1) is 0 Å². The van der Waals surface area contributed by atoms with Crippen molar-refractivity contribution in [2.24, 2.45) is 0 Å². The molecule has 1 aromatic heterocycles. The van der Waals surface area contributed by atoms with Crippen LogP contribution in [0.4, 0.5) is 0 Å². The van der Waals surface area contributed by atoms with Crippen LogP contribution < -0.4 is 5.32 Å². The first-order chi connectivity index (χ1) is 9.51. The second-order valence-corrected chi connectivity index (χ2v) is 7.03. The van der Waals surface area contributed by atoms with Crippen LogP contribution in [0.25, 0.3) is 11.3 Å². The number of rotatable bonds is 6. The van der Waals surface area contributed by atoms with E-state index in [2.05, 4.69) is 10.4 Å². The third kappa shape index (κ3) is 3.68. The van der Waals surface area contributed by atoms with E-state index in [9.17, 15) is 8.42 Å². The highest BCUT2D eigenvalue weighted by atomic mass is 32.2. The number of aromatic nitrogens is 2. The van der Waals surface area contributed by atoms with Crippen LogP contribution in [0.5, 0.6) is 0 Å². The Kier molecular flexibility index (Phi) is 4.57. The molecule has 1 heterocycles. The first-order valence-electron chi connectivity index (χ1n) is 6.43. The van der Waals surface area contributed by atoms with E-state index in [-0.39, 0.29) is 5.75 Å². The van der Waals surface area contributed by atoms with Crippen LogP contribution >= 0.6 is 0 Å². The molecule has 0 saturated carbocycles. The van der Waals surface area contributed by atoms with Crippen molar-refractivity contribution in [3.63, 3.8) is 0 Å². The normalized spacial score (nSPS) is 11.7. The van der Waals surface area contributed by atoms with E-state index in [4.69, 9.17) is 0 Å². The maximum Gasteiger partial charge on any atom is 0.149 e. The first-order valence-corrected chi connectivity index (χ1v) is 8.50. The average Bonchev–Trinajstić information content (AvgIpc) is 2.80. The molecule has 6 heteroatoms. The van der Waals surface area contributed by atoms with Gasteiger partial charge in [0.1, 0.15) is 9.84 Å². The van der Waals surface area contributed by atoms with Crippen molar-refractivity contribution in [2.75, 3.05) is 19.1 Å². The van der Waals surface area contributed by atoms with Crippen LogP contribution in [0.1, 0.15) is 5.56 Å². The van der Waals surface area contributed by atoms with Crippen molar-refractivity contribution in [3.8, 4) is 11.3 Å². The zero-order valence-corrected chi connectivity index (χ0v) is 12.5. The van der Waals surface area contributed by atoms with Crippen LogP contribution in [0.3, 0.4) is 0 Å². The molecule has 2 rings (SSSR count). The Balaban J connectivity index is 2.37. The molecule has 0 fully saturated rings. The zero-order valence-electron chi connectivity index (χ0n) is 11.7. The molecule has 2 aromatic rings. The van der Waals surface area contributed by atoms with Gasteiger partial charge in [-0.25, -0.2) is 8.42 Å². The summed E-state index contributed by atoms with van der Waals surface area (Å²) in [6.07, 6.45) is 3.04. The molecule has 1 N–H and O–H groups in total. The Labute approximate surface area is 119 Å². The molecule has 1 aromatic carbocycles. The number of nitrogens with one attached hydrogen (secondary N) is 1. The Morgan fingerprint density at radius 1 is 1.25 bits per heavy atom. The second kappa shape index (κ2) is 6.19. The largest absolute Gasteiger partial charge is 0.316 e. The fourth-order valence-corrected chi connectivity index (χ4v) is 2.60. The Hall–Kier alpha value is -1.66. The second-order valence-electron chi connectivity index (χ2n) is 4.77. The highest BCUT2D eigenvalue weighted by molar-refractivity contribution is 7.90. The SMILES string of the molecule is CNCc1cnn(CCS(C)(=O)=O)c1-c1ccccc1. The summed E-state index contributed by atoms with van der Waals surface area (Å²) >= 11 is 0. The first kappa shape index (κ1) is 14.7. The quantitative estimate of drug-likeness (QED) is 0.872. The number of hydrogen-bond donors (Lipinski definition) is 1. The van der Waals surface area contributed by atoms with Crippen LogP contribution in [0, 0.1) is 0 Å². The predicted octanol–water partition coefficient (Wildman–Crippen LogP) is 1.31. The topological polar surface area (TPSA) is 64.0 Å². The maximum absolute atomic E-state index is 11.3. The van der Waals surface area contributed by atoms with Crippen molar-refractivity contribution in [1.29, 1.82) is 0 Å². The third-order valence-electron chi connectivity index (χ3n) is 3.00. The van der Waals surface area contributed by atoms with Gasteiger partial charge >= 0.3 is 0 Å². The summed E-state index contributed by atoms with van der Waals surface area (Å²) in [6, 6.07) is 9.90. The fourth-order valence-electron chi connectivity index (χ4n) is 2.10. The zero-order chi connectivity index (χ0) is 14.6. The van der Waals surface area contributed by atoms with Gasteiger partial charge in [0.25, 0.3) is 0 Å². The van der Waals surface area contributed by atoms with Gasteiger partial charge in [-0.1, -0.05) is 30.3 Å². The van der Waals surface area contributed by atoms with Crippen molar-refractivity contribution < 1.29 is 8.42 Å². The molecule has 5 nitrogen and oxygen atoms in total. The van der Waals surface area contributed by atoms with Gasteiger partial charge in [0.15, 0.2) is 0 Å². The summed E-state index contributed by atoms with van der Waals surface area (Å²) < 4.78 is 24.4. The van der Waals surface area contributed by atoms with Crippen LogP contribution in [-0.4, -0.2) is 37.3 Å². The molecular weight excluding hydrogens is 274 g/mol. The molecule has 0 saturated heterocycles. The van der Waals surface area contributed by atoms with Crippen molar-refractivity contribution in [1.82, 2.24) is 15.1 Å². The number of benzene rings is 1. The molecule has 20 heavy (non-hydrogen) atoms. The van der Waals surface area contributed by atoms with E-state index >= 15 is 0 Å². The minimum atomic E-state index is -3.00. The van der Waals surface area contributed by atoms with Gasteiger partial charge in [-0.2, -0.15) is 5.10 Å². The number of nitrogens with zero attached hydrogens (tertiary/aromatic N) is 2. The summed E-state index contributed by atoms with van der Waals surface area (Å²) in [7, 11) is -1.12. The lowest BCUT2D eigenvalue weighted by Gasteiger charge is -2.09. The summed E-state index contributed by atoms with van der Waals surface area (Å²) in [6.45, 7) is 1.07. The van der Waals surface area contributed by atoms with Crippen molar-refractivity contribution in [3.05, 3.63) is 42.1 Å². The van der Waals surface area contributed by atoms with E-state index in [1.807, 2.05) is 37.4 Å². The fraction of sp³-hybridized carbons (Fsp3) is 0.357. The van der Waals surface area contributed by atoms with Crippen molar-refractivity contribution >= 4 is 9.84 Å². The molecular formula is C14H19N3O2S. The van der Waals surface area contributed by atoms with E-state index in [0.29, 0.717) is 13.1 Å². The molecule has 0 radical (unpaired) electrons. The molecule has 0 aliphatic heterocycles. The van der Waals surface area contributed by atoms with Gasteiger partial charge < -0.3 is 5.32 Å². The molecule has 0 atom stereocenters. The third-order valence-corrected chi connectivity index (χ3v) is 3.93. The predicted molar refractivity (Wildman–Crippen MR) is 80.1 cm³/mol. The molecule has 0 unspecified atom stereocenters. The van der Waals surface area contributed by atoms with Gasteiger partial charge in [0, 0.05) is 23.9 Å². The minimum Gasteiger partial charge on any atom is -0.316 e. The van der Waals surface area contributed by atoms with Gasteiger partial charge in [-0.05, 0) is 7.05 Å². The Morgan fingerprint density at radius 3 is 2.55 bits per heavy atom. The van der Waals surface area contributed by atoms with Gasteiger partial charge in [-0.3, -0.25) is 4.68 Å². The number of aryl methyl sites for hydroxylation is 1. The van der Waals surface area contributed by atoms with E-state index in [0.717, 1.165) is 16.8 Å². The molecule has 0 amide bonds. The molecule has 0 spiro atoms. The molecule has 0 aliphatic rings. The number of hydrogen-bond acceptors (Lipinski definition) is 4. The van der Waals surface area contributed by atoms with Gasteiger partial charge in [0.05, 0.1) is 24.2 Å². The van der Waals surface area contributed by atoms with E-state index < -0.39 is 9.84 Å². The highest BCUT2D eigenvalue weighted by Crippen LogP contribution is 2.23.